The van der Waals surface area contributed by atoms with Crippen molar-refractivity contribution in [3.05, 3.63) is 71.5 Å². The third-order valence-corrected chi connectivity index (χ3v) is 5.07. The molecule has 0 unspecified atom stereocenters. The molecule has 0 aliphatic carbocycles. The number of nitrogens with one attached hydrogen (secondary N) is 2. The summed E-state index contributed by atoms with van der Waals surface area (Å²) in [5.41, 5.74) is 4.50. The lowest BCUT2D eigenvalue weighted by molar-refractivity contribution is 0.354. The van der Waals surface area contributed by atoms with Crippen LogP contribution in [0.2, 0.25) is 0 Å². The van der Waals surface area contributed by atoms with Crippen LogP contribution in [0.4, 0.5) is 0 Å². The number of halogens is 1. The number of para-hydroxylation sites is 1. The predicted molar refractivity (Wildman–Crippen MR) is 140 cm³/mol. The van der Waals surface area contributed by atoms with E-state index in [1.54, 1.807) is 21.3 Å². The third kappa shape index (κ3) is 6.88. The average molecular weight is 549 g/mol. The molecule has 0 aliphatic rings. The van der Waals surface area contributed by atoms with Gasteiger partial charge in [0.05, 0.1) is 25.6 Å². The van der Waals surface area contributed by atoms with Crippen LogP contribution in [0.5, 0.6) is 11.5 Å². The van der Waals surface area contributed by atoms with Gasteiger partial charge in [0.15, 0.2) is 17.5 Å². The highest BCUT2D eigenvalue weighted by Gasteiger charge is 2.07. The molecule has 2 N–H and O–H groups in total. The summed E-state index contributed by atoms with van der Waals surface area (Å²) in [5, 5.41) is 11.4. The summed E-state index contributed by atoms with van der Waals surface area (Å²) in [7, 11) is 5.05. The highest BCUT2D eigenvalue weighted by molar-refractivity contribution is 14.0. The normalized spacial score (nSPS) is 10.9. The maximum Gasteiger partial charge on any atom is 0.191 e. The zero-order chi connectivity index (χ0) is 22.1. The highest BCUT2D eigenvalue weighted by atomic mass is 127. The number of methoxy groups -OCH3 is 2. The van der Waals surface area contributed by atoms with Gasteiger partial charge in [-0.25, -0.2) is 4.68 Å². The molecule has 0 bridgehead atoms. The average Bonchev–Trinajstić information content (AvgIpc) is 3.19. The number of aromatic nitrogens is 2. The van der Waals surface area contributed by atoms with Crippen LogP contribution in [0.25, 0.3) is 5.69 Å². The molecule has 0 atom stereocenters. The van der Waals surface area contributed by atoms with Crippen molar-refractivity contribution in [3.63, 3.8) is 0 Å². The van der Waals surface area contributed by atoms with Crippen molar-refractivity contribution in [1.29, 1.82) is 0 Å². The Balaban J connectivity index is 0.00000363. The van der Waals surface area contributed by atoms with Crippen molar-refractivity contribution < 1.29 is 9.47 Å². The first-order valence-electron chi connectivity index (χ1n) is 10.4. The van der Waals surface area contributed by atoms with Crippen LogP contribution >= 0.6 is 24.0 Å². The summed E-state index contributed by atoms with van der Waals surface area (Å²) in [5.74, 6) is 2.21. The van der Waals surface area contributed by atoms with Gasteiger partial charge in [0, 0.05) is 26.3 Å². The lowest BCUT2D eigenvalue weighted by atomic mass is 10.1. The van der Waals surface area contributed by atoms with Crippen LogP contribution < -0.4 is 20.1 Å². The van der Waals surface area contributed by atoms with Gasteiger partial charge in [-0.3, -0.25) is 4.99 Å². The highest BCUT2D eigenvalue weighted by Crippen LogP contribution is 2.27. The fraction of sp³-hybridized carbons (Fsp3) is 0.333. The van der Waals surface area contributed by atoms with E-state index in [-0.39, 0.29) is 24.0 Å². The Morgan fingerprint density at radius 1 is 1.03 bits per heavy atom. The minimum atomic E-state index is 0. The molecule has 0 fully saturated rings. The summed E-state index contributed by atoms with van der Waals surface area (Å²) in [6.45, 7) is 3.52. The second-order valence-corrected chi connectivity index (χ2v) is 7.17. The maximum absolute atomic E-state index is 5.37. The summed E-state index contributed by atoms with van der Waals surface area (Å²) in [4.78, 5) is 4.31. The van der Waals surface area contributed by atoms with Crippen molar-refractivity contribution in [1.82, 2.24) is 20.4 Å². The fourth-order valence-corrected chi connectivity index (χ4v) is 3.34. The van der Waals surface area contributed by atoms with Crippen molar-refractivity contribution in [2.75, 3.05) is 27.8 Å². The first kappa shape index (κ1) is 25.5. The first-order valence-corrected chi connectivity index (χ1v) is 10.4. The summed E-state index contributed by atoms with van der Waals surface area (Å²) < 4.78 is 12.6. The van der Waals surface area contributed by atoms with Gasteiger partial charge in [-0.1, -0.05) is 24.3 Å². The van der Waals surface area contributed by atoms with Gasteiger partial charge >= 0.3 is 0 Å². The van der Waals surface area contributed by atoms with Gasteiger partial charge in [0.1, 0.15) is 0 Å². The van der Waals surface area contributed by atoms with E-state index >= 15 is 0 Å². The Labute approximate surface area is 207 Å². The largest absolute Gasteiger partial charge is 0.493 e. The minimum Gasteiger partial charge on any atom is -0.493 e. The fourth-order valence-electron chi connectivity index (χ4n) is 3.34. The predicted octanol–water partition coefficient (Wildman–Crippen LogP) is 4.11. The van der Waals surface area contributed by atoms with E-state index in [0.717, 1.165) is 53.8 Å². The molecule has 3 aromatic rings. The number of nitrogens with zero attached hydrogens (tertiary/aromatic N) is 3. The van der Waals surface area contributed by atoms with Gasteiger partial charge in [0.2, 0.25) is 0 Å². The van der Waals surface area contributed by atoms with Crippen molar-refractivity contribution in [3.8, 4) is 17.2 Å². The van der Waals surface area contributed by atoms with Crippen LogP contribution in [0.3, 0.4) is 0 Å². The van der Waals surface area contributed by atoms with E-state index < -0.39 is 0 Å². The number of hydrogen-bond donors (Lipinski definition) is 2. The summed E-state index contributed by atoms with van der Waals surface area (Å²) in [6.07, 6.45) is 4.06. The second kappa shape index (κ2) is 12.9. The second-order valence-electron chi connectivity index (χ2n) is 7.17. The lowest BCUT2D eigenvalue weighted by Gasteiger charge is -2.13. The number of aryl methyl sites for hydroxylation is 2. The smallest absolute Gasteiger partial charge is 0.191 e. The number of ether oxygens (including phenoxy) is 2. The molecule has 0 aliphatic heterocycles. The van der Waals surface area contributed by atoms with Crippen LogP contribution in [-0.4, -0.2) is 43.6 Å². The van der Waals surface area contributed by atoms with Crippen LogP contribution in [0.15, 0.2) is 59.7 Å². The molecule has 32 heavy (non-hydrogen) atoms. The van der Waals surface area contributed by atoms with Gasteiger partial charge < -0.3 is 20.1 Å². The summed E-state index contributed by atoms with van der Waals surface area (Å²) >= 11 is 0. The van der Waals surface area contributed by atoms with E-state index in [0.29, 0.717) is 6.54 Å². The summed E-state index contributed by atoms with van der Waals surface area (Å²) in [6, 6.07) is 16.1. The number of benzene rings is 2. The number of rotatable bonds is 9. The lowest BCUT2D eigenvalue weighted by Crippen LogP contribution is -2.37. The molecule has 1 heterocycles. The van der Waals surface area contributed by atoms with E-state index in [9.17, 15) is 0 Å². The Kier molecular flexibility index (Phi) is 10.3. The quantitative estimate of drug-likeness (QED) is 0.182. The third-order valence-electron chi connectivity index (χ3n) is 5.07. The standard InChI is InChI=1S/C24H31N5O2.HI/c1-18-20(17-29(28-18)21-10-6-5-7-11-21)9-8-14-26-24(25-2)27-16-19-12-13-22(30-3)23(15-19)31-4;/h5-7,10-13,15,17H,8-9,14,16H2,1-4H3,(H2,25,26,27);1H. The molecule has 1 aromatic heterocycles. The molecule has 3 rings (SSSR count). The van der Waals surface area contributed by atoms with E-state index in [1.807, 2.05) is 41.1 Å². The number of guanidine groups is 1. The molecule has 172 valence electrons. The molecule has 2 aromatic carbocycles. The maximum atomic E-state index is 5.37. The molecule has 0 radical (unpaired) electrons. The van der Waals surface area contributed by atoms with Crippen LogP contribution in [0.1, 0.15) is 23.2 Å². The Morgan fingerprint density at radius 3 is 2.47 bits per heavy atom. The first-order chi connectivity index (χ1) is 15.1. The molecule has 8 heteroatoms. The van der Waals surface area contributed by atoms with Gasteiger partial charge in [0.25, 0.3) is 0 Å². The van der Waals surface area contributed by atoms with Crippen molar-refractivity contribution >= 4 is 29.9 Å². The monoisotopic (exact) mass is 549 g/mol. The van der Waals surface area contributed by atoms with Gasteiger partial charge in [-0.2, -0.15) is 5.10 Å². The number of hydrogen-bond acceptors (Lipinski definition) is 4. The topological polar surface area (TPSA) is 72.7 Å². The zero-order valence-corrected chi connectivity index (χ0v) is 21.4. The Bertz CT molecular complexity index is 1000. The Morgan fingerprint density at radius 2 is 1.78 bits per heavy atom. The molecule has 0 saturated carbocycles. The molecule has 0 spiro atoms. The Hall–Kier alpha value is -2.75. The van der Waals surface area contributed by atoms with Crippen LogP contribution in [-0.2, 0) is 13.0 Å². The van der Waals surface area contributed by atoms with Gasteiger partial charge in [-0.05, 0) is 55.2 Å². The number of aliphatic imine (C=N–C) groups is 1. The SMILES string of the molecule is CN=C(NCCCc1cn(-c2ccccc2)nc1C)NCc1ccc(OC)c(OC)c1.I. The van der Waals surface area contributed by atoms with Gasteiger partial charge in [-0.15, -0.1) is 24.0 Å². The van der Waals surface area contributed by atoms with Crippen molar-refractivity contribution in [2.45, 2.75) is 26.3 Å². The molecule has 7 nitrogen and oxygen atoms in total. The molecular formula is C24H32IN5O2. The van der Waals surface area contributed by atoms with E-state index in [2.05, 4.69) is 46.0 Å². The molecule has 0 saturated heterocycles. The van der Waals surface area contributed by atoms with Crippen molar-refractivity contribution in [2.24, 2.45) is 4.99 Å². The minimum absolute atomic E-state index is 0. The molecular weight excluding hydrogens is 517 g/mol. The zero-order valence-electron chi connectivity index (χ0n) is 19.1. The van der Waals surface area contributed by atoms with E-state index in [1.165, 1.54) is 5.56 Å². The van der Waals surface area contributed by atoms with Crippen LogP contribution in [0, 0.1) is 6.92 Å². The molecule has 0 amide bonds. The van der Waals surface area contributed by atoms with E-state index in [4.69, 9.17) is 9.47 Å².